The van der Waals surface area contributed by atoms with Crippen LogP contribution in [0.15, 0.2) is 0 Å². The summed E-state index contributed by atoms with van der Waals surface area (Å²) >= 11 is 0. The molecule has 0 aromatic carbocycles. The van der Waals surface area contributed by atoms with Crippen molar-refractivity contribution in [3.8, 4) is 0 Å². The smallest absolute Gasteiger partial charge is 0.377 e. The molecule has 0 fully saturated rings. The molecule has 0 aliphatic heterocycles. The van der Waals surface area contributed by atoms with Gasteiger partial charge in [-0.05, 0) is 12.8 Å². The van der Waals surface area contributed by atoms with Gasteiger partial charge in [-0.3, -0.25) is 0 Å². The first-order chi connectivity index (χ1) is 20.4. The first-order valence-electron chi connectivity index (χ1n) is 18.2. The number of aliphatic carboxylic acids is 1. The van der Waals surface area contributed by atoms with E-state index in [-0.39, 0.29) is 12.8 Å². The van der Waals surface area contributed by atoms with Gasteiger partial charge in [0.15, 0.2) is 6.10 Å². The molecule has 0 rings (SSSR count). The van der Waals surface area contributed by atoms with Gasteiger partial charge in [-0.15, -0.1) is 0 Å². The van der Waals surface area contributed by atoms with E-state index in [1.54, 1.807) is 0 Å². The van der Waals surface area contributed by atoms with Crippen LogP contribution in [0.5, 0.6) is 0 Å². The molecule has 6 heteroatoms. The molecular formula is C36H70O6. The van der Waals surface area contributed by atoms with Crippen LogP contribution < -0.4 is 0 Å². The van der Waals surface area contributed by atoms with E-state index in [1.807, 2.05) is 0 Å². The predicted molar refractivity (Wildman–Crippen MR) is 175 cm³/mol. The van der Waals surface area contributed by atoms with Crippen molar-refractivity contribution >= 4 is 11.9 Å². The van der Waals surface area contributed by atoms with E-state index < -0.39 is 23.8 Å². The van der Waals surface area contributed by atoms with Gasteiger partial charge in [0.1, 0.15) is 0 Å². The molecule has 0 aromatic heterocycles. The zero-order chi connectivity index (χ0) is 31.2. The van der Waals surface area contributed by atoms with Crippen LogP contribution >= 0.6 is 0 Å². The fourth-order valence-corrected chi connectivity index (χ4v) is 5.65. The van der Waals surface area contributed by atoms with Crippen molar-refractivity contribution in [2.75, 3.05) is 0 Å². The standard InChI is InChI=1S/C36H70O6/c1-3-5-7-9-11-13-15-17-19-21-23-25-27-29-31-33(37)34(38)42-36(41,35(39)40)32-30-28-26-24-22-20-18-16-14-12-10-8-6-4-2/h33,37,41H,3-32H2,1-2H3,(H,39,40). The molecule has 0 saturated heterocycles. The van der Waals surface area contributed by atoms with Crippen molar-refractivity contribution in [2.24, 2.45) is 0 Å². The van der Waals surface area contributed by atoms with Gasteiger partial charge >= 0.3 is 17.7 Å². The Bertz CT molecular complexity index is 610. The predicted octanol–water partition coefficient (Wildman–Crippen LogP) is 10.4. The second-order valence-corrected chi connectivity index (χ2v) is 12.8. The fourth-order valence-electron chi connectivity index (χ4n) is 5.65. The lowest BCUT2D eigenvalue weighted by molar-refractivity contribution is -0.230. The van der Waals surface area contributed by atoms with E-state index in [0.717, 1.165) is 38.5 Å². The minimum atomic E-state index is -2.56. The van der Waals surface area contributed by atoms with Crippen LogP contribution in [0.2, 0.25) is 0 Å². The van der Waals surface area contributed by atoms with Gasteiger partial charge in [0.25, 0.3) is 0 Å². The molecule has 42 heavy (non-hydrogen) atoms. The van der Waals surface area contributed by atoms with Gasteiger partial charge in [-0.1, -0.05) is 187 Å². The highest BCUT2D eigenvalue weighted by Crippen LogP contribution is 2.21. The second kappa shape index (κ2) is 29.9. The number of hydrogen-bond acceptors (Lipinski definition) is 5. The normalized spacial score (nSPS) is 13.6. The third-order valence-electron chi connectivity index (χ3n) is 8.58. The Morgan fingerprint density at radius 1 is 0.524 bits per heavy atom. The Labute approximate surface area is 259 Å². The Morgan fingerprint density at radius 3 is 1.12 bits per heavy atom. The molecule has 0 heterocycles. The summed E-state index contributed by atoms with van der Waals surface area (Å²) in [6.45, 7) is 4.50. The van der Waals surface area contributed by atoms with Gasteiger partial charge in [-0.25, -0.2) is 9.59 Å². The number of rotatable bonds is 33. The number of carbonyl (C=O) groups is 2. The summed E-state index contributed by atoms with van der Waals surface area (Å²) in [5.41, 5.74) is 0. The van der Waals surface area contributed by atoms with Gasteiger partial charge in [0.05, 0.1) is 0 Å². The quantitative estimate of drug-likeness (QED) is 0.0394. The number of ether oxygens (including phenoxy) is 1. The number of unbranched alkanes of at least 4 members (excludes halogenated alkanes) is 26. The monoisotopic (exact) mass is 599 g/mol. The van der Waals surface area contributed by atoms with E-state index >= 15 is 0 Å². The van der Waals surface area contributed by atoms with Gasteiger partial charge in [-0.2, -0.15) is 0 Å². The number of esters is 1. The Balaban J connectivity index is 3.80. The summed E-state index contributed by atoms with van der Waals surface area (Å²) in [6.07, 6.45) is 32.2. The van der Waals surface area contributed by atoms with Crippen LogP contribution in [0.3, 0.4) is 0 Å². The molecule has 0 spiro atoms. The lowest BCUT2D eigenvalue weighted by atomic mass is 10.0. The number of hydrogen-bond donors (Lipinski definition) is 3. The van der Waals surface area contributed by atoms with Gasteiger partial charge in [0.2, 0.25) is 0 Å². The maximum atomic E-state index is 12.3. The van der Waals surface area contributed by atoms with Crippen molar-refractivity contribution in [3.05, 3.63) is 0 Å². The van der Waals surface area contributed by atoms with E-state index in [9.17, 15) is 24.9 Å². The summed E-state index contributed by atoms with van der Waals surface area (Å²) in [5, 5.41) is 30.1. The van der Waals surface area contributed by atoms with E-state index in [2.05, 4.69) is 13.8 Å². The Morgan fingerprint density at radius 2 is 0.810 bits per heavy atom. The Kier molecular flexibility index (Phi) is 29.1. The van der Waals surface area contributed by atoms with Crippen molar-refractivity contribution < 1.29 is 29.6 Å². The van der Waals surface area contributed by atoms with Crippen molar-refractivity contribution in [1.29, 1.82) is 0 Å². The third kappa shape index (κ3) is 25.4. The maximum absolute atomic E-state index is 12.3. The number of carboxylic acid groups (broad SMARTS) is 1. The second-order valence-electron chi connectivity index (χ2n) is 12.8. The van der Waals surface area contributed by atoms with Crippen LogP contribution in [0, 0.1) is 0 Å². The number of carboxylic acids is 1. The Hall–Kier alpha value is -1.14. The highest BCUT2D eigenvalue weighted by molar-refractivity contribution is 5.82. The summed E-state index contributed by atoms with van der Waals surface area (Å²) in [7, 11) is 0. The molecule has 250 valence electrons. The molecule has 0 aromatic rings. The maximum Gasteiger partial charge on any atom is 0.377 e. The average molecular weight is 599 g/mol. The molecule has 0 bridgehead atoms. The summed E-state index contributed by atoms with van der Waals surface area (Å²) in [5.74, 6) is -5.18. The fraction of sp³-hybridized carbons (Fsp3) is 0.944. The summed E-state index contributed by atoms with van der Waals surface area (Å²) < 4.78 is 4.91. The third-order valence-corrected chi connectivity index (χ3v) is 8.58. The summed E-state index contributed by atoms with van der Waals surface area (Å²) in [4.78, 5) is 23.9. The van der Waals surface area contributed by atoms with Crippen LogP contribution in [-0.2, 0) is 14.3 Å². The average Bonchev–Trinajstić information content (AvgIpc) is 2.97. The molecule has 0 radical (unpaired) electrons. The van der Waals surface area contributed by atoms with Crippen LogP contribution in [0.4, 0.5) is 0 Å². The lowest BCUT2D eigenvalue weighted by Crippen LogP contribution is -2.45. The molecule has 3 N–H and O–H groups in total. The highest BCUT2D eigenvalue weighted by Gasteiger charge is 2.41. The molecule has 0 aliphatic carbocycles. The molecular weight excluding hydrogens is 528 g/mol. The topological polar surface area (TPSA) is 104 Å². The number of aliphatic hydroxyl groups excluding tert-OH is 1. The van der Waals surface area contributed by atoms with Gasteiger partial charge in [0, 0.05) is 6.42 Å². The van der Waals surface area contributed by atoms with Crippen molar-refractivity contribution in [2.45, 2.75) is 218 Å². The van der Waals surface area contributed by atoms with Crippen molar-refractivity contribution in [3.63, 3.8) is 0 Å². The minimum Gasteiger partial charge on any atom is -0.476 e. The minimum absolute atomic E-state index is 0.155. The SMILES string of the molecule is CCCCCCCCCCCCCCCCC(O)C(=O)OC(O)(CCCCCCCCCCCCCCCC)C(=O)O. The zero-order valence-corrected chi connectivity index (χ0v) is 27.9. The first-order valence-corrected chi connectivity index (χ1v) is 18.2. The first kappa shape index (κ1) is 40.9. The summed E-state index contributed by atoms with van der Waals surface area (Å²) in [6, 6.07) is 0. The van der Waals surface area contributed by atoms with Crippen LogP contribution in [0.25, 0.3) is 0 Å². The van der Waals surface area contributed by atoms with E-state index in [4.69, 9.17) is 4.74 Å². The molecule has 0 saturated carbocycles. The highest BCUT2D eigenvalue weighted by atomic mass is 16.7. The largest absolute Gasteiger partial charge is 0.476 e. The van der Waals surface area contributed by atoms with E-state index in [1.165, 1.54) is 128 Å². The number of aliphatic hydroxyl groups is 2. The molecule has 0 aliphatic rings. The molecule has 2 unspecified atom stereocenters. The molecule has 0 amide bonds. The van der Waals surface area contributed by atoms with E-state index in [0.29, 0.717) is 12.8 Å². The van der Waals surface area contributed by atoms with Gasteiger partial charge < -0.3 is 20.1 Å². The molecule has 2 atom stereocenters. The van der Waals surface area contributed by atoms with Crippen molar-refractivity contribution in [1.82, 2.24) is 0 Å². The number of carbonyl (C=O) groups excluding carboxylic acids is 1. The van der Waals surface area contributed by atoms with Crippen LogP contribution in [-0.4, -0.2) is 39.1 Å². The zero-order valence-electron chi connectivity index (χ0n) is 27.9. The molecule has 6 nitrogen and oxygen atoms in total. The van der Waals surface area contributed by atoms with Crippen LogP contribution in [0.1, 0.15) is 206 Å². The lowest BCUT2D eigenvalue weighted by Gasteiger charge is -2.24.